The van der Waals surface area contributed by atoms with Gasteiger partial charge in [-0.1, -0.05) is 0 Å². The van der Waals surface area contributed by atoms with Gasteiger partial charge in [0, 0.05) is 31.4 Å². The second kappa shape index (κ2) is 5.31. The summed E-state index contributed by atoms with van der Waals surface area (Å²) in [5, 5.41) is 2.92. The molecule has 0 aromatic carbocycles. The van der Waals surface area contributed by atoms with Crippen molar-refractivity contribution in [1.82, 2.24) is 20.2 Å². The molecule has 2 bridgehead atoms. The highest BCUT2D eigenvalue weighted by atomic mass is 16.5. The third-order valence-corrected chi connectivity index (χ3v) is 4.39. The lowest BCUT2D eigenvalue weighted by molar-refractivity contribution is -0.125. The average molecular weight is 302 g/mol. The van der Waals surface area contributed by atoms with Crippen molar-refractivity contribution in [3.63, 3.8) is 0 Å². The van der Waals surface area contributed by atoms with Gasteiger partial charge in [0.15, 0.2) is 0 Å². The molecule has 22 heavy (non-hydrogen) atoms. The van der Waals surface area contributed by atoms with Crippen molar-refractivity contribution in [2.45, 2.75) is 24.8 Å². The summed E-state index contributed by atoms with van der Waals surface area (Å²) in [5.74, 6) is 0.854. The minimum absolute atomic E-state index is 0.0295. The first-order valence-corrected chi connectivity index (χ1v) is 7.70. The van der Waals surface area contributed by atoms with Gasteiger partial charge in [-0.2, -0.15) is 0 Å². The molecule has 1 N–H and O–H groups in total. The normalized spacial score (nSPS) is 28.0. The Morgan fingerprint density at radius 2 is 1.95 bits per heavy atom. The van der Waals surface area contributed by atoms with Gasteiger partial charge in [0.05, 0.1) is 30.7 Å². The number of amides is 2. The van der Waals surface area contributed by atoms with E-state index in [2.05, 4.69) is 15.3 Å². The molecular formula is C15H18N4O3. The Hall–Kier alpha value is -2.02. The summed E-state index contributed by atoms with van der Waals surface area (Å²) in [6.45, 7) is 1.66. The molecule has 1 aliphatic carbocycles. The molecule has 0 spiro atoms. The van der Waals surface area contributed by atoms with Gasteiger partial charge in [-0.15, -0.1) is 0 Å². The van der Waals surface area contributed by atoms with E-state index >= 15 is 0 Å². The van der Waals surface area contributed by atoms with Gasteiger partial charge < -0.3 is 15.0 Å². The first-order chi connectivity index (χ1) is 10.7. The SMILES string of the molecule is O=C1N[C@@H]2COC[C@H]1CN(C(=O)c1cnc(C3CC3)nc1)C2. The standard InChI is InChI=1S/C15H18N4O3/c20-14-11-5-19(6-12(18-14)8-22-7-11)15(21)10-3-16-13(17-4-10)9-1-2-9/h3-4,9,11-12H,1-2,5-8H2,(H,18,20)/t11-,12+/m1/s1. The molecule has 7 heteroatoms. The van der Waals surface area contributed by atoms with Crippen molar-refractivity contribution in [2.24, 2.45) is 5.92 Å². The molecule has 116 valence electrons. The lowest BCUT2D eigenvalue weighted by Gasteiger charge is -2.27. The third-order valence-electron chi connectivity index (χ3n) is 4.39. The molecule has 3 fully saturated rings. The number of fused-ring (bicyclic) bond motifs is 3. The van der Waals surface area contributed by atoms with Crippen LogP contribution in [0.5, 0.6) is 0 Å². The third kappa shape index (κ3) is 2.56. The molecular weight excluding hydrogens is 284 g/mol. The highest BCUT2D eigenvalue weighted by Crippen LogP contribution is 2.37. The van der Waals surface area contributed by atoms with E-state index in [4.69, 9.17) is 4.74 Å². The maximum Gasteiger partial charge on any atom is 0.257 e. The second-order valence-electron chi connectivity index (χ2n) is 6.25. The van der Waals surface area contributed by atoms with Crippen LogP contribution in [0.15, 0.2) is 12.4 Å². The first-order valence-electron chi connectivity index (χ1n) is 7.70. The molecule has 3 aliphatic rings. The molecule has 2 saturated heterocycles. The highest BCUT2D eigenvalue weighted by Gasteiger charge is 2.35. The quantitative estimate of drug-likeness (QED) is 0.827. The molecule has 0 radical (unpaired) electrons. The molecule has 0 unspecified atom stereocenters. The molecule has 4 rings (SSSR count). The second-order valence-corrected chi connectivity index (χ2v) is 6.25. The van der Waals surface area contributed by atoms with Gasteiger partial charge in [-0.25, -0.2) is 9.97 Å². The molecule has 1 saturated carbocycles. The highest BCUT2D eigenvalue weighted by molar-refractivity contribution is 5.94. The van der Waals surface area contributed by atoms with Crippen LogP contribution in [0.25, 0.3) is 0 Å². The van der Waals surface area contributed by atoms with Crippen LogP contribution in [0.1, 0.15) is 34.9 Å². The van der Waals surface area contributed by atoms with Crippen molar-refractivity contribution < 1.29 is 14.3 Å². The van der Waals surface area contributed by atoms with E-state index in [1.165, 1.54) is 0 Å². The van der Waals surface area contributed by atoms with Crippen LogP contribution >= 0.6 is 0 Å². The molecule has 1 aromatic heterocycles. The largest absolute Gasteiger partial charge is 0.378 e. The monoisotopic (exact) mass is 302 g/mol. The zero-order chi connectivity index (χ0) is 15.1. The molecule has 7 nitrogen and oxygen atoms in total. The maximum absolute atomic E-state index is 12.7. The Balaban J connectivity index is 1.52. The zero-order valence-electron chi connectivity index (χ0n) is 12.2. The number of hydrogen-bond acceptors (Lipinski definition) is 5. The summed E-state index contributed by atoms with van der Waals surface area (Å²) in [7, 11) is 0. The fourth-order valence-corrected chi connectivity index (χ4v) is 2.98. The minimum atomic E-state index is -0.303. The fourth-order valence-electron chi connectivity index (χ4n) is 2.98. The molecule has 1 aromatic rings. The van der Waals surface area contributed by atoms with E-state index < -0.39 is 0 Å². The van der Waals surface area contributed by atoms with Gasteiger partial charge in [-0.05, 0) is 12.8 Å². The van der Waals surface area contributed by atoms with Gasteiger partial charge in [0.2, 0.25) is 5.91 Å². The number of ether oxygens (including phenoxy) is 1. The smallest absolute Gasteiger partial charge is 0.257 e. The van der Waals surface area contributed by atoms with Crippen LogP contribution in [0.4, 0.5) is 0 Å². The predicted octanol–water partition coefficient (Wildman–Crippen LogP) is -0.0590. The van der Waals surface area contributed by atoms with Crippen molar-refractivity contribution in [3.05, 3.63) is 23.8 Å². The van der Waals surface area contributed by atoms with Crippen LogP contribution in [-0.4, -0.2) is 59.0 Å². The zero-order valence-corrected chi connectivity index (χ0v) is 12.2. The van der Waals surface area contributed by atoms with Crippen LogP contribution < -0.4 is 5.32 Å². The predicted molar refractivity (Wildman–Crippen MR) is 76.2 cm³/mol. The van der Waals surface area contributed by atoms with E-state index in [0.717, 1.165) is 18.7 Å². The van der Waals surface area contributed by atoms with E-state index in [1.54, 1.807) is 17.3 Å². The number of nitrogens with one attached hydrogen (secondary N) is 1. The molecule has 2 amide bonds. The molecule has 2 atom stereocenters. The lowest BCUT2D eigenvalue weighted by atomic mass is 10.1. The maximum atomic E-state index is 12.7. The van der Waals surface area contributed by atoms with Crippen molar-refractivity contribution >= 4 is 11.8 Å². The number of carbonyl (C=O) groups is 2. The number of carbonyl (C=O) groups excluding carboxylic acids is 2. The summed E-state index contributed by atoms with van der Waals surface area (Å²) in [5.41, 5.74) is 0.484. The fraction of sp³-hybridized carbons (Fsp3) is 0.600. The number of aromatic nitrogens is 2. The lowest BCUT2D eigenvalue weighted by Crippen LogP contribution is -2.44. The summed E-state index contributed by atoms with van der Waals surface area (Å²) < 4.78 is 5.47. The van der Waals surface area contributed by atoms with E-state index in [9.17, 15) is 9.59 Å². The average Bonchev–Trinajstić information content (AvgIpc) is 3.33. The van der Waals surface area contributed by atoms with Gasteiger partial charge >= 0.3 is 0 Å². The van der Waals surface area contributed by atoms with E-state index in [0.29, 0.717) is 37.8 Å². The Bertz CT molecular complexity index is 599. The van der Waals surface area contributed by atoms with Gasteiger partial charge in [0.1, 0.15) is 5.82 Å². The minimum Gasteiger partial charge on any atom is -0.378 e. The Labute approximate surface area is 128 Å². The van der Waals surface area contributed by atoms with Crippen LogP contribution in [0.2, 0.25) is 0 Å². The van der Waals surface area contributed by atoms with Crippen LogP contribution in [0, 0.1) is 5.92 Å². The summed E-state index contributed by atoms with van der Waals surface area (Å²) in [6.07, 6.45) is 5.48. The Morgan fingerprint density at radius 3 is 2.68 bits per heavy atom. The summed E-state index contributed by atoms with van der Waals surface area (Å²) in [6, 6.07) is -0.143. The Kier molecular flexibility index (Phi) is 3.29. The van der Waals surface area contributed by atoms with E-state index in [1.807, 2.05) is 0 Å². The van der Waals surface area contributed by atoms with E-state index in [-0.39, 0.29) is 23.8 Å². The van der Waals surface area contributed by atoms with Gasteiger partial charge in [0.25, 0.3) is 5.91 Å². The summed E-state index contributed by atoms with van der Waals surface area (Å²) >= 11 is 0. The molecule has 3 heterocycles. The number of rotatable bonds is 2. The molecule has 2 aliphatic heterocycles. The van der Waals surface area contributed by atoms with Crippen molar-refractivity contribution in [3.8, 4) is 0 Å². The number of nitrogens with zero attached hydrogens (tertiary/aromatic N) is 3. The van der Waals surface area contributed by atoms with Gasteiger partial charge in [-0.3, -0.25) is 9.59 Å². The topological polar surface area (TPSA) is 84.4 Å². The van der Waals surface area contributed by atoms with Crippen LogP contribution in [-0.2, 0) is 9.53 Å². The Morgan fingerprint density at radius 1 is 1.18 bits per heavy atom. The van der Waals surface area contributed by atoms with Crippen LogP contribution in [0.3, 0.4) is 0 Å². The number of hydrogen-bond donors (Lipinski definition) is 1. The van der Waals surface area contributed by atoms with Crippen molar-refractivity contribution in [2.75, 3.05) is 26.3 Å². The summed E-state index contributed by atoms with van der Waals surface area (Å²) in [4.78, 5) is 34.9. The first kappa shape index (κ1) is 13.6. The van der Waals surface area contributed by atoms with Crippen molar-refractivity contribution in [1.29, 1.82) is 0 Å².